The number of alkyl halides is 3. The summed E-state index contributed by atoms with van der Waals surface area (Å²) < 4.78 is 50.9. The molecule has 11 heteroatoms. The van der Waals surface area contributed by atoms with Crippen LogP contribution in [0.15, 0.2) is 73.1 Å². The van der Waals surface area contributed by atoms with Gasteiger partial charge in [0.2, 0.25) is 0 Å². The SMILES string of the molecule is CC(C)(Oc1ccc(CC[C@H](OCc2cccnc2)c2ccc(-c3ccc(C(F)(F)F)cc3)s2)c(Cl)c1Cl)C(=O)O. The van der Waals surface area contributed by atoms with Gasteiger partial charge in [0.15, 0.2) is 5.60 Å². The number of aliphatic carboxylic acids is 1. The van der Waals surface area contributed by atoms with E-state index < -0.39 is 23.3 Å². The van der Waals surface area contributed by atoms with Gasteiger partial charge in [-0.2, -0.15) is 13.2 Å². The number of nitrogens with zero attached hydrogens (tertiary/aromatic N) is 1. The lowest BCUT2D eigenvalue weighted by atomic mass is 10.0. The Labute approximate surface area is 249 Å². The standard InChI is InChI=1S/C30H26Cl2F3NO4S/c1-29(2,28(37)38)40-23-12-8-20(26(31)27(23)32)7-11-22(39-17-18-4-3-15-36-16-18)25-14-13-24(41-25)19-5-9-21(10-6-19)30(33,34)35/h3-6,8-10,12-16,22H,7,11,17H2,1-2H3,(H,37,38)/t22-/m0/s1. The Morgan fingerprint density at radius 1 is 1.02 bits per heavy atom. The summed E-state index contributed by atoms with van der Waals surface area (Å²) in [6.45, 7) is 3.13. The van der Waals surface area contributed by atoms with Crippen molar-refractivity contribution in [1.82, 2.24) is 4.98 Å². The molecule has 1 N–H and O–H groups in total. The first-order chi connectivity index (χ1) is 19.3. The van der Waals surface area contributed by atoms with Crippen LogP contribution in [0.4, 0.5) is 13.2 Å². The molecule has 0 aliphatic carbocycles. The first-order valence-corrected chi connectivity index (χ1v) is 14.1. The smallest absolute Gasteiger partial charge is 0.416 e. The summed E-state index contributed by atoms with van der Waals surface area (Å²) in [6.07, 6.45) is -0.373. The number of benzene rings is 2. The molecule has 0 spiro atoms. The van der Waals surface area contributed by atoms with Crippen LogP contribution >= 0.6 is 34.5 Å². The Hall–Kier alpha value is -3.11. The molecule has 4 aromatic rings. The first kappa shape index (κ1) is 30.8. The topological polar surface area (TPSA) is 68.7 Å². The number of carboxylic acids is 1. The van der Waals surface area contributed by atoms with E-state index in [9.17, 15) is 23.1 Å². The van der Waals surface area contributed by atoms with E-state index in [1.54, 1.807) is 24.5 Å². The second-order valence-corrected chi connectivity index (χ2v) is 11.6. The van der Waals surface area contributed by atoms with Crippen molar-refractivity contribution in [1.29, 1.82) is 0 Å². The van der Waals surface area contributed by atoms with Crippen LogP contribution in [0.5, 0.6) is 5.75 Å². The minimum atomic E-state index is -4.40. The Balaban J connectivity index is 1.54. The summed E-state index contributed by atoms with van der Waals surface area (Å²) in [5.41, 5.74) is 0.0976. The number of hydrogen-bond acceptors (Lipinski definition) is 5. The molecular weight excluding hydrogens is 598 g/mol. The highest BCUT2D eigenvalue weighted by Crippen LogP contribution is 2.40. The van der Waals surface area contributed by atoms with Gasteiger partial charge in [0, 0.05) is 22.1 Å². The van der Waals surface area contributed by atoms with Crippen LogP contribution in [0.2, 0.25) is 10.0 Å². The number of ether oxygens (including phenoxy) is 2. The summed E-state index contributed by atoms with van der Waals surface area (Å²) in [4.78, 5) is 17.3. The van der Waals surface area contributed by atoms with Crippen LogP contribution in [-0.2, 0) is 28.7 Å². The maximum Gasteiger partial charge on any atom is 0.416 e. The van der Waals surface area contributed by atoms with Crippen molar-refractivity contribution in [3.8, 4) is 16.2 Å². The van der Waals surface area contributed by atoms with Crippen LogP contribution in [0.1, 0.15) is 47.9 Å². The lowest BCUT2D eigenvalue weighted by Gasteiger charge is -2.23. The summed E-state index contributed by atoms with van der Waals surface area (Å²) in [7, 11) is 0. The predicted molar refractivity (Wildman–Crippen MR) is 154 cm³/mol. The van der Waals surface area contributed by atoms with Gasteiger partial charge in [-0.3, -0.25) is 4.98 Å². The van der Waals surface area contributed by atoms with Crippen molar-refractivity contribution in [2.24, 2.45) is 0 Å². The minimum Gasteiger partial charge on any atom is -0.478 e. The molecule has 0 radical (unpaired) electrons. The fourth-order valence-electron chi connectivity index (χ4n) is 3.94. The van der Waals surface area contributed by atoms with E-state index in [1.165, 1.54) is 37.3 Å². The molecule has 0 saturated carbocycles. The van der Waals surface area contributed by atoms with E-state index in [0.29, 0.717) is 25.0 Å². The van der Waals surface area contributed by atoms with Crippen molar-refractivity contribution in [2.75, 3.05) is 0 Å². The molecule has 2 aromatic carbocycles. The average molecular weight is 625 g/mol. The molecule has 4 rings (SSSR count). The lowest BCUT2D eigenvalue weighted by molar-refractivity contribution is -0.152. The molecule has 1 atom stereocenters. The van der Waals surface area contributed by atoms with Crippen molar-refractivity contribution >= 4 is 40.5 Å². The van der Waals surface area contributed by atoms with Gasteiger partial charge in [0.25, 0.3) is 0 Å². The van der Waals surface area contributed by atoms with E-state index in [-0.39, 0.29) is 21.9 Å². The minimum absolute atomic E-state index is 0.118. The third kappa shape index (κ3) is 7.80. The first-order valence-electron chi connectivity index (χ1n) is 12.5. The second-order valence-electron chi connectivity index (χ2n) is 9.75. The zero-order chi connectivity index (χ0) is 29.8. The molecule has 2 heterocycles. The van der Waals surface area contributed by atoms with Gasteiger partial charge in [-0.15, -0.1) is 11.3 Å². The number of halogens is 5. The molecule has 0 bridgehead atoms. The predicted octanol–water partition coefficient (Wildman–Crippen LogP) is 9.27. The zero-order valence-electron chi connectivity index (χ0n) is 22.0. The van der Waals surface area contributed by atoms with Gasteiger partial charge in [0.1, 0.15) is 10.8 Å². The maximum atomic E-state index is 13.0. The largest absolute Gasteiger partial charge is 0.478 e. The third-order valence-electron chi connectivity index (χ3n) is 6.30. The van der Waals surface area contributed by atoms with Gasteiger partial charge >= 0.3 is 12.1 Å². The van der Waals surface area contributed by atoms with Gasteiger partial charge in [-0.25, -0.2) is 4.79 Å². The Bertz CT molecular complexity index is 1490. The molecule has 0 fully saturated rings. The quantitative estimate of drug-likeness (QED) is 0.180. The number of aromatic nitrogens is 1. The molecule has 0 saturated heterocycles. The molecular formula is C30H26Cl2F3NO4S. The van der Waals surface area contributed by atoms with E-state index in [0.717, 1.165) is 33.0 Å². The van der Waals surface area contributed by atoms with E-state index in [4.69, 9.17) is 32.7 Å². The molecule has 0 aliphatic heterocycles. The van der Waals surface area contributed by atoms with E-state index in [1.807, 2.05) is 24.3 Å². The number of carboxylic acid groups (broad SMARTS) is 1. The van der Waals surface area contributed by atoms with Crippen LogP contribution in [0.3, 0.4) is 0 Å². The highest BCUT2D eigenvalue weighted by molar-refractivity contribution is 7.15. The van der Waals surface area contributed by atoms with Crippen molar-refractivity contribution in [2.45, 2.75) is 51.2 Å². The number of carbonyl (C=O) groups is 1. The summed E-state index contributed by atoms with van der Waals surface area (Å²) in [5, 5.41) is 9.73. The molecule has 5 nitrogen and oxygen atoms in total. The Morgan fingerprint density at radius 3 is 2.39 bits per heavy atom. The van der Waals surface area contributed by atoms with E-state index in [2.05, 4.69) is 4.98 Å². The van der Waals surface area contributed by atoms with Gasteiger partial charge in [0.05, 0.1) is 23.3 Å². The second kappa shape index (κ2) is 12.8. The number of thiophene rings is 1. The number of aryl methyl sites for hydroxylation is 1. The molecule has 0 aliphatic rings. The van der Waals surface area contributed by atoms with Gasteiger partial charge < -0.3 is 14.6 Å². The summed E-state index contributed by atoms with van der Waals surface area (Å²) in [5.74, 6) is -0.981. The van der Waals surface area contributed by atoms with E-state index >= 15 is 0 Å². The zero-order valence-corrected chi connectivity index (χ0v) is 24.4. The monoisotopic (exact) mass is 623 g/mol. The highest BCUT2D eigenvalue weighted by atomic mass is 35.5. The van der Waals surface area contributed by atoms with Gasteiger partial charge in [-0.1, -0.05) is 47.5 Å². The lowest BCUT2D eigenvalue weighted by Crippen LogP contribution is -2.38. The molecule has 0 amide bonds. The molecule has 41 heavy (non-hydrogen) atoms. The average Bonchev–Trinajstić information content (AvgIpc) is 3.42. The highest BCUT2D eigenvalue weighted by Gasteiger charge is 2.31. The third-order valence-corrected chi connectivity index (χ3v) is 8.43. The number of hydrogen-bond donors (Lipinski definition) is 1. The number of pyridine rings is 1. The molecule has 216 valence electrons. The molecule has 2 aromatic heterocycles. The summed E-state index contributed by atoms with van der Waals surface area (Å²) >= 11 is 14.4. The van der Waals surface area contributed by atoms with Crippen molar-refractivity contribution in [3.63, 3.8) is 0 Å². The number of rotatable bonds is 11. The summed E-state index contributed by atoms with van der Waals surface area (Å²) in [6, 6.07) is 15.9. The maximum absolute atomic E-state index is 13.0. The normalized spacial score (nSPS) is 12.8. The van der Waals surface area contributed by atoms with Crippen LogP contribution < -0.4 is 4.74 Å². The van der Waals surface area contributed by atoms with Crippen LogP contribution in [0.25, 0.3) is 10.4 Å². The van der Waals surface area contributed by atoms with Crippen molar-refractivity contribution < 1.29 is 32.5 Å². The fourth-order valence-corrected chi connectivity index (χ4v) is 5.51. The molecule has 0 unspecified atom stereocenters. The van der Waals surface area contributed by atoms with Gasteiger partial charge in [-0.05, 0) is 79.8 Å². The fraction of sp³-hybridized carbons (Fsp3) is 0.267. The van der Waals surface area contributed by atoms with Crippen LogP contribution in [-0.4, -0.2) is 21.7 Å². The van der Waals surface area contributed by atoms with Crippen molar-refractivity contribution in [3.05, 3.63) is 105 Å². The van der Waals surface area contributed by atoms with Crippen LogP contribution in [0, 0.1) is 0 Å². The Kier molecular flexibility index (Phi) is 9.64. The Morgan fingerprint density at radius 2 is 1.76 bits per heavy atom.